The molecule has 4 atom stereocenters. The zero-order valence-corrected chi connectivity index (χ0v) is 21.7. The van der Waals surface area contributed by atoms with E-state index < -0.39 is 54.5 Å². The highest BCUT2D eigenvalue weighted by atomic mass is 16.4. The van der Waals surface area contributed by atoms with Crippen LogP contribution >= 0.6 is 0 Å². The van der Waals surface area contributed by atoms with Crippen molar-refractivity contribution >= 4 is 34.6 Å². The molecule has 0 bridgehead atoms. The molecule has 1 aromatic heterocycles. The van der Waals surface area contributed by atoms with Gasteiger partial charge in [-0.1, -0.05) is 30.3 Å². The molecule has 1 saturated heterocycles. The number of carbonyl (C=O) groups excluding carboxylic acids is 3. The van der Waals surface area contributed by atoms with Crippen LogP contribution in [0, 0.1) is 0 Å². The number of aromatic amines is 1. The first kappa shape index (κ1) is 28.6. The van der Waals surface area contributed by atoms with Crippen molar-refractivity contribution in [3.8, 4) is 5.75 Å². The van der Waals surface area contributed by atoms with Crippen LogP contribution in [0.15, 0.2) is 54.7 Å². The molecule has 2 heterocycles. The Labute approximate surface area is 230 Å². The molecular formula is C28H33N5O7. The predicted octanol–water partition coefficient (Wildman–Crippen LogP) is 0.0235. The molecule has 212 valence electrons. The third kappa shape index (κ3) is 6.58. The van der Waals surface area contributed by atoms with Gasteiger partial charge in [-0.15, -0.1) is 0 Å². The van der Waals surface area contributed by atoms with Crippen molar-refractivity contribution in [2.45, 2.75) is 49.9 Å². The molecule has 3 amide bonds. The van der Waals surface area contributed by atoms with Crippen molar-refractivity contribution in [2.24, 2.45) is 5.73 Å². The van der Waals surface area contributed by atoms with Crippen LogP contribution in [0.3, 0.4) is 0 Å². The van der Waals surface area contributed by atoms with Crippen LogP contribution in [-0.4, -0.2) is 86.2 Å². The standard InChI is InChI=1S/C28H33N5O7/c29-20(15-34)25(36)31-22(13-17-14-30-21-5-2-1-4-19(17)21)27(38)33-11-3-6-24(33)26(37)32-23(28(39)40)12-16-7-9-18(35)10-8-16/h1-2,4-5,7-10,14,20,22-24,30,34-35H,3,6,11-13,15,29H2,(H,31,36)(H,32,37)(H,39,40). The average molecular weight is 552 g/mol. The second-order valence-electron chi connectivity index (χ2n) is 9.87. The molecule has 1 aliphatic heterocycles. The minimum absolute atomic E-state index is 0.0136. The number of nitrogens with zero attached hydrogens (tertiary/aromatic N) is 1. The van der Waals surface area contributed by atoms with E-state index in [1.54, 1.807) is 18.3 Å². The second-order valence-corrected chi connectivity index (χ2v) is 9.87. The van der Waals surface area contributed by atoms with Crippen LogP contribution in [0.5, 0.6) is 5.75 Å². The summed E-state index contributed by atoms with van der Waals surface area (Å²) in [6, 6.07) is 9.00. The molecule has 4 unspecified atom stereocenters. The van der Waals surface area contributed by atoms with Crippen LogP contribution < -0.4 is 16.4 Å². The number of phenols is 1. The summed E-state index contributed by atoms with van der Waals surface area (Å²) in [5.41, 5.74) is 7.91. The Morgan fingerprint density at radius 2 is 1.75 bits per heavy atom. The number of aliphatic carboxylic acids is 1. The summed E-state index contributed by atoms with van der Waals surface area (Å²) in [7, 11) is 0. The highest BCUT2D eigenvalue weighted by Crippen LogP contribution is 2.23. The molecule has 3 aromatic rings. The summed E-state index contributed by atoms with van der Waals surface area (Å²) in [6.07, 6.45) is 2.69. The fourth-order valence-electron chi connectivity index (χ4n) is 4.92. The molecular weight excluding hydrogens is 518 g/mol. The summed E-state index contributed by atoms with van der Waals surface area (Å²) in [6.45, 7) is -0.356. The molecule has 0 aliphatic carbocycles. The Morgan fingerprint density at radius 1 is 1.02 bits per heavy atom. The number of rotatable bonds is 11. The number of amides is 3. The van der Waals surface area contributed by atoms with E-state index >= 15 is 0 Å². The van der Waals surface area contributed by atoms with Gasteiger partial charge in [-0.05, 0) is 42.2 Å². The molecule has 0 saturated carbocycles. The molecule has 1 aliphatic rings. The Bertz CT molecular complexity index is 1370. The Kier molecular flexibility index (Phi) is 9.02. The maximum Gasteiger partial charge on any atom is 0.326 e. The number of fused-ring (bicyclic) bond motifs is 1. The number of benzene rings is 2. The largest absolute Gasteiger partial charge is 0.508 e. The zero-order valence-electron chi connectivity index (χ0n) is 21.7. The van der Waals surface area contributed by atoms with Gasteiger partial charge in [0.2, 0.25) is 17.7 Å². The van der Waals surface area contributed by atoms with Crippen LogP contribution in [0.25, 0.3) is 10.9 Å². The van der Waals surface area contributed by atoms with Gasteiger partial charge in [0.05, 0.1) is 6.61 Å². The monoisotopic (exact) mass is 551 g/mol. The summed E-state index contributed by atoms with van der Waals surface area (Å²) < 4.78 is 0. The lowest BCUT2D eigenvalue weighted by Crippen LogP contribution is -2.57. The summed E-state index contributed by atoms with van der Waals surface area (Å²) in [4.78, 5) is 56.0. The van der Waals surface area contributed by atoms with Gasteiger partial charge >= 0.3 is 5.97 Å². The van der Waals surface area contributed by atoms with Crippen molar-refractivity contribution in [3.63, 3.8) is 0 Å². The number of aromatic nitrogens is 1. The fraction of sp³-hybridized carbons (Fsp3) is 0.357. The fourth-order valence-corrected chi connectivity index (χ4v) is 4.92. The van der Waals surface area contributed by atoms with Crippen LogP contribution in [-0.2, 0) is 32.0 Å². The molecule has 12 heteroatoms. The number of likely N-dealkylation sites (tertiary alicyclic amines) is 1. The van der Waals surface area contributed by atoms with Crippen molar-refractivity contribution in [3.05, 3.63) is 65.9 Å². The maximum absolute atomic E-state index is 13.8. The lowest BCUT2D eigenvalue weighted by molar-refractivity contribution is -0.145. The van der Waals surface area contributed by atoms with E-state index in [9.17, 15) is 34.5 Å². The molecule has 8 N–H and O–H groups in total. The minimum atomic E-state index is -1.25. The van der Waals surface area contributed by atoms with Crippen LogP contribution in [0.4, 0.5) is 0 Å². The third-order valence-electron chi connectivity index (χ3n) is 7.08. The minimum Gasteiger partial charge on any atom is -0.508 e. The normalized spacial score (nSPS) is 17.2. The van der Waals surface area contributed by atoms with Crippen LogP contribution in [0.1, 0.15) is 24.0 Å². The SMILES string of the molecule is NC(CO)C(=O)NC(Cc1c[nH]c2ccccc12)C(=O)N1CCCC1C(=O)NC(Cc1ccc(O)cc1)C(=O)O. The first-order valence-corrected chi connectivity index (χ1v) is 13.0. The number of H-pyrrole nitrogens is 1. The van der Waals surface area contributed by atoms with Gasteiger partial charge in [-0.25, -0.2) is 4.79 Å². The lowest BCUT2D eigenvalue weighted by Gasteiger charge is -2.30. The molecule has 12 nitrogen and oxygen atoms in total. The zero-order chi connectivity index (χ0) is 28.8. The van der Waals surface area contributed by atoms with Crippen LogP contribution in [0.2, 0.25) is 0 Å². The van der Waals surface area contributed by atoms with E-state index in [0.29, 0.717) is 18.4 Å². The number of hydrogen-bond acceptors (Lipinski definition) is 7. The predicted molar refractivity (Wildman–Crippen MR) is 145 cm³/mol. The topological polar surface area (TPSA) is 198 Å². The number of aromatic hydroxyl groups is 1. The van der Waals surface area contributed by atoms with Crippen molar-refractivity contribution < 1.29 is 34.5 Å². The van der Waals surface area contributed by atoms with Gasteiger partial charge < -0.3 is 41.6 Å². The number of nitrogens with one attached hydrogen (secondary N) is 3. The van der Waals surface area contributed by atoms with Crippen molar-refractivity contribution in [2.75, 3.05) is 13.2 Å². The van der Waals surface area contributed by atoms with E-state index in [1.165, 1.54) is 17.0 Å². The number of para-hydroxylation sites is 1. The first-order chi connectivity index (χ1) is 19.2. The summed E-state index contributed by atoms with van der Waals surface area (Å²) >= 11 is 0. The number of carboxylic acid groups (broad SMARTS) is 1. The quantitative estimate of drug-likeness (QED) is 0.173. The number of aliphatic hydroxyl groups is 1. The molecule has 40 heavy (non-hydrogen) atoms. The molecule has 1 fully saturated rings. The number of nitrogens with two attached hydrogens (primary N) is 1. The van der Waals surface area contributed by atoms with Gasteiger partial charge in [0.25, 0.3) is 0 Å². The Balaban J connectivity index is 1.52. The van der Waals surface area contributed by atoms with Gasteiger partial charge in [-0.2, -0.15) is 0 Å². The van der Waals surface area contributed by atoms with E-state index in [1.807, 2.05) is 24.3 Å². The Morgan fingerprint density at radius 3 is 2.45 bits per heavy atom. The molecule has 4 rings (SSSR count). The van der Waals surface area contributed by atoms with E-state index in [2.05, 4.69) is 15.6 Å². The maximum atomic E-state index is 13.8. The average Bonchev–Trinajstić information content (AvgIpc) is 3.60. The number of carbonyl (C=O) groups is 4. The van der Waals surface area contributed by atoms with Crippen molar-refractivity contribution in [1.29, 1.82) is 0 Å². The molecule has 0 spiro atoms. The number of hydrogen-bond donors (Lipinski definition) is 7. The van der Waals surface area contributed by atoms with Gasteiger partial charge in [0, 0.05) is 36.5 Å². The number of phenolic OH excluding ortho intramolecular Hbond substituents is 1. The highest BCUT2D eigenvalue weighted by Gasteiger charge is 2.39. The van der Waals surface area contributed by atoms with Gasteiger partial charge in [0.15, 0.2) is 0 Å². The van der Waals surface area contributed by atoms with E-state index in [0.717, 1.165) is 16.5 Å². The summed E-state index contributed by atoms with van der Waals surface area (Å²) in [5, 5.41) is 34.6. The van der Waals surface area contributed by atoms with E-state index in [-0.39, 0.29) is 25.1 Å². The molecule has 0 radical (unpaired) electrons. The second kappa shape index (κ2) is 12.6. The van der Waals surface area contributed by atoms with Gasteiger partial charge in [-0.3, -0.25) is 14.4 Å². The number of aliphatic hydroxyl groups excluding tert-OH is 1. The smallest absolute Gasteiger partial charge is 0.326 e. The summed E-state index contributed by atoms with van der Waals surface area (Å²) in [5.74, 6) is -3.03. The lowest BCUT2D eigenvalue weighted by atomic mass is 10.0. The van der Waals surface area contributed by atoms with Crippen molar-refractivity contribution in [1.82, 2.24) is 20.5 Å². The van der Waals surface area contributed by atoms with Gasteiger partial charge in [0.1, 0.15) is 29.9 Å². The molecule has 2 aromatic carbocycles. The highest BCUT2D eigenvalue weighted by molar-refractivity contribution is 5.95. The number of carboxylic acids is 1. The Hall–Kier alpha value is -4.42. The third-order valence-corrected chi connectivity index (χ3v) is 7.08. The van der Waals surface area contributed by atoms with E-state index in [4.69, 9.17) is 5.73 Å². The first-order valence-electron chi connectivity index (χ1n) is 13.0.